The third-order valence-corrected chi connectivity index (χ3v) is 5.67. The average Bonchev–Trinajstić information content (AvgIpc) is 3.09. The van der Waals surface area contributed by atoms with Crippen LogP contribution in [0.3, 0.4) is 0 Å². The number of ether oxygens (including phenoxy) is 2. The molecule has 0 spiro atoms. The summed E-state index contributed by atoms with van der Waals surface area (Å²) >= 11 is 0. The van der Waals surface area contributed by atoms with E-state index in [9.17, 15) is 13.2 Å². The van der Waals surface area contributed by atoms with Gasteiger partial charge in [-0.25, -0.2) is 13.1 Å². The monoisotopic (exact) mass is 372 g/mol. The van der Waals surface area contributed by atoms with E-state index >= 15 is 0 Å². The van der Waals surface area contributed by atoms with Gasteiger partial charge < -0.3 is 14.5 Å². The molecule has 2 aromatic carbocycles. The Hall–Kier alpha value is -2.84. The van der Waals surface area contributed by atoms with Crippen molar-refractivity contribution >= 4 is 20.9 Å². The fourth-order valence-electron chi connectivity index (χ4n) is 2.86. The van der Waals surface area contributed by atoms with E-state index in [1.807, 2.05) is 25.1 Å². The third-order valence-electron chi connectivity index (χ3n) is 4.27. The first kappa shape index (κ1) is 16.6. The molecule has 2 heterocycles. The lowest BCUT2D eigenvalue weighted by Crippen LogP contribution is -2.27. The lowest BCUT2D eigenvalue weighted by Gasteiger charge is -2.09. The minimum atomic E-state index is -3.80. The molecule has 0 aliphatic carbocycles. The Morgan fingerprint density at radius 2 is 1.92 bits per heavy atom. The van der Waals surface area contributed by atoms with Crippen molar-refractivity contribution in [3.05, 3.63) is 63.9 Å². The van der Waals surface area contributed by atoms with Gasteiger partial charge in [0.15, 0.2) is 11.5 Å². The minimum Gasteiger partial charge on any atom is -0.454 e. The Kier molecular flexibility index (Phi) is 3.93. The van der Waals surface area contributed by atoms with Crippen molar-refractivity contribution < 1.29 is 17.9 Å². The molecule has 0 saturated heterocycles. The predicted octanol–water partition coefficient (Wildman–Crippen LogP) is 2.04. The Labute approximate surface area is 149 Å². The van der Waals surface area contributed by atoms with Crippen molar-refractivity contribution in [1.82, 2.24) is 9.71 Å². The molecule has 0 fully saturated rings. The van der Waals surface area contributed by atoms with E-state index in [-0.39, 0.29) is 23.8 Å². The van der Waals surface area contributed by atoms with Gasteiger partial charge in [-0.3, -0.25) is 4.79 Å². The second-order valence-electron chi connectivity index (χ2n) is 6.00. The maximum atomic E-state index is 12.5. The molecule has 26 heavy (non-hydrogen) atoms. The van der Waals surface area contributed by atoms with Gasteiger partial charge in [0, 0.05) is 18.2 Å². The summed E-state index contributed by atoms with van der Waals surface area (Å²) in [6, 6.07) is 11.7. The second-order valence-corrected chi connectivity index (χ2v) is 7.77. The lowest BCUT2D eigenvalue weighted by molar-refractivity contribution is 0.174. The van der Waals surface area contributed by atoms with Crippen molar-refractivity contribution in [3.63, 3.8) is 0 Å². The zero-order valence-electron chi connectivity index (χ0n) is 13.9. The molecule has 8 heteroatoms. The standard InChI is InChI=1S/C18H16N2O5S/c1-11-3-2-4-12-7-13(18(21)20-17(11)12)9-19-26(22,23)14-5-6-15-16(8-14)25-10-24-15/h2-8,19H,9-10H2,1H3,(H,20,21). The van der Waals surface area contributed by atoms with E-state index in [1.165, 1.54) is 12.1 Å². The summed E-state index contributed by atoms with van der Waals surface area (Å²) < 4.78 is 37.9. The maximum Gasteiger partial charge on any atom is 0.252 e. The number of pyridine rings is 1. The summed E-state index contributed by atoms with van der Waals surface area (Å²) in [7, 11) is -3.80. The van der Waals surface area contributed by atoms with Crippen LogP contribution in [0.4, 0.5) is 0 Å². The number of hydrogen-bond donors (Lipinski definition) is 2. The Morgan fingerprint density at radius 1 is 1.12 bits per heavy atom. The highest BCUT2D eigenvalue weighted by molar-refractivity contribution is 7.89. The molecular weight excluding hydrogens is 356 g/mol. The Balaban J connectivity index is 1.61. The zero-order chi connectivity index (χ0) is 18.3. The minimum absolute atomic E-state index is 0.0508. The van der Waals surface area contributed by atoms with Gasteiger partial charge in [0.2, 0.25) is 16.8 Å². The topological polar surface area (TPSA) is 97.5 Å². The largest absolute Gasteiger partial charge is 0.454 e. The van der Waals surface area contributed by atoms with Gasteiger partial charge in [0.1, 0.15) is 0 Å². The summed E-state index contributed by atoms with van der Waals surface area (Å²) in [5.74, 6) is 0.886. The highest BCUT2D eigenvalue weighted by Gasteiger charge is 2.20. The van der Waals surface area contributed by atoms with E-state index in [4.69, 9.17) is 9.47 Å². The molecule has 0 saturated carbocycles. The molecule has 4 rings (SSSR count). The van der Waals surface area contributed by atoms with Crippen LogP contribution < -0.4 is 19.8 Å². The van der Waals surface area contributed by atoms with E-state index in [0.717, 1.165) is 16.5 Å². The number of aromatic nitrogens is 1. The molecule has 0 atom stereocenters. The number of aromatic amines is 1. The highest BCUT2D eigenvalue weighted by atomic mass is 32.2. The van der Waals surface area contributed by atoms with Crippen LogP contribution in [0.15, 0.2) is 52.2 Å². The Bertz CT molecular complexity index is 1170. The second kappa shape index (κ2) is 6.15. The predicted molar refractivity (Wildman–Crippen MR) is 95.9 cm³/mol. The number of sulfonamides is 1. The van der Waals surface area contributed by atoms with E-state index < -0.39 is 10.0 Å². The van der Waals surface area contributed by atoms with Crippen LogP contribution in [0.25, 0.3) is 10.9 Å². The number of nitrogens with one attached hydrogen (secondary N) is 2. The van der Waals surface area contributed by atoms with Gasteiger partial charge in [-0.1, -0.05) is 18.2 Å². The van der Waals surface area contributed by atoms with Gasteiger partial charge in [-0.2, -0.15) is 0 Å². The molecule has 1 aromatic heterocycles. The first-order valence-electron chi connectivity index (χ1n) is 7.95. The number of rotatable bonds is 4. The van der Waals surface area contributed by atoms with Crippen molar-refractivity contribution in [2.45, 2.75) is 18.4 Å². The van der Waals surface area contributed by atoms with Crippen LogP contribution >= 0.6 is 0 Å². The zero-order valence-corrected chi connectivity index (χ0v) is 14.7. The van der Waals surface area contributed by atoms with E-state index in [2.05, 4.69) is 9.71 Å². The molecule has 0 unspecified atom stereocenters. The highest BCUT2D eigenvalue weighted by Crippen LogP contribution is 2.33. The summed E-state index contributed by atoms with van der Waals surface area (Å²) in [6.45, 7) is 1.86. The van der Waals surface area contributed by atoms with Crippen LogP contribution in [0.5, 0.6) is 11.5 Å². The fraction of sp³-hybridized carbons (Fsp3) is 0.167. The molecule has 7 nitrogen and oxygen atoms in total. The normalized spacial score (nSPS) is 13.3. The van der Waals surface area contributed by atoms with Gasteiger partial charge >= 0.3 is 0 Å². The first-order valence-corrected chi connectivity index (χ1v) is 9.43. The summed E-state index contributed by atoms with van der Waals surface area (Å²) in [5, 5.41) is 0.849. The first-order chi connectivity index (χ1) is 12.4. The molecule has 0 amide bonds. The summed E-state index contributed by atoms with van der Waals surface area (Å²) in [6.07, 6.45) is 0. The molecule has 3 aromatic rings. The summed E-state index contributed by atoms with van der Waals surface area (Å²) in [4.78, 5) is 15.1. The molecule has 0 radical (unpaired) electrons. The number of aryl methyl sites for hydroxylation is 1. The number of benzene rings is 2. The SMILES string of the molecule is Cc1cccc2cc(CNS(=O)(=O)c3ccc4c(c3)OCO4)c(=O)[nH]c12. The molecule has 2 N–H and O–H groups in total. The molecule has 0 bridgehead atoms. The quantitative estimate of drug-likeness (QED) is 0.730. The van der Waals surface area contributed by atoms with Gasteiger partial charge in [0.25, 0.3) is 5.56 Å². The third kappa shape index (κ3) is 2.93. The van der Waals surface area contributed by atoms with Crippen LogP contribution in [-0.2, 0) is 16.6 Å². The number of hydrogen-bond acceptors (Lipinski definition) is 5. The smallest absolute Gasteiger partial charge is 0.252 e. The van der Waals surface area contributed by atoms with Crippen LogP contribution in [-0.4, -0.2) is 20.2 Å². The van der Waals surface area contributed by atoms with Crippen LogP contribution in [0.1, 0.15) is 11.1 Å². The van der Waals surface area contributed by atoms with Crippen molar-refractivity contribution in [1.29, 1.82) is 0 Å². The summed E-state index contributed by atoms with van der Waals surface area (Å²) in [5.41, 5.74) is 1.72. The lowest BCUT2D eigenvalue weighted by atomic mass is 10.1. The van der Waals surface area contributed by atoms with Gasteiger partial charge in [-0.05, 0) is 36.1 Å². The van der Waals surface area contributed by atoms with Crippen LogP contribution in [0, 0.1) is 6.92 Å². The van der Waals surface area contributed by atoms with Crippen molar-refractivity contribution in [3.8, 4) is 11.5 Å². The fourth-order valence-corrected chi connectivity index (χ4v) is 3.88. The number of para-hydroxylation sites is 1. The molecule has 1 aliphatic heterocycles. The Morgan fingerprint density at radius 3 is 2.77 bits per heavy atom. The average molecular weight is 372 g/mol. The van der Waals surface area contributed by atoms with E-state index in [1.54, 1.807) is 12.1 Å². The number of H-pyrrole nitrogens is 1. The molecule has 1 aliphatic rings. The van der Waals surface area contributed by atoms with Crippen LogP contribution in [0.2, 0.25) is 0 Å². The molecule has 134 valence electrons. The number of fused-ring (bicyclic) bond motifs is 2. The van der Waals surface area contributed by atoms with Crippen molar-refractivity contribution in [2.24, 2.45) is 0 Å². The molecular formula is C18H16N2O5S. The van der Waals surface area contributed by atoms with E-state index in [0.29, 0.717) is 17.1 Å². The maximum absolute atomic E-state index is 12.5. The van der Waals surface area contributed by atoms with Gasteiger partial charge in [-0.15, -0.1) is 0 Å². The van der Waals surface area contributed by atoms with Crippen molar-refractivity contribution in [2.75, 3.05) is 6.79 Å². The van der Waals surface area contributed by atoms with Gasteiger partial charge in [0.05, 0.1) is 10.4 Å².